The van der Waals surface area contributed by atoms with Crippen molar-refractivity contribution < 1.29 is 14.3 Å². The minimum Gasteiger partial charge on any atom is -0.493 e. The van der Waals surface area contributed by atoms with Crippen LogP contribution in [0.3, 0.4) is 0 Å². The predicted octanol–water partition coefficient (Wildman–Crippen LogP) is 3.62. The van der Waals surface area contributed by atoms with Gasteiger partial charge in [0, 0.05) is 18.7 Å². The number of amides is 1. The molecule has 1 aromatic carbocycles. The maximum atomic E-state index is 12.6. The summed E-state index contributed by atoms with van der Waals surface area (Å²) < 4.78 is 8.77. The number of carbonyl (C=O) groups excluding carboxylic acids is 1. The first-order valence-corrected chi connectivity index (χ1v) is 8.84. The molecule has 1 unspecified atom stereocenters. The minimum atomic E-state index is -1.62. The summed E-state index contributed by atoms with van der Waals surface area (Å²) >= 11 is 18.3. The lowest BCUT2D eigenvalue weighted by Gasteiger charge is -2.38. The summed E-state index contributed by atoms with van der Waals surface area (Å²) in [6.45, 7) is 1.57. The van der Waals surface area contributed by atoms with Crippen molar-refractivity contribution in [1.29, 1.82) is 0 Å². The first-order valence-electron chi connectivity index (χ1n) is 7.70. The number of rotatable bonds is 5. The Balaban J connectivity index is 2.18. The SMILES string of the molecule is COc1ccc(C(=O)NC(N2CCCCC2)C(Cl)(Cl)Cl)cc1OC. The lowest BCUT2D eigenvalue weighted by molar-refractivity contribution is 0.0819. The van der Waals surface area contributed by atoms with Crippen molar-refractivity contribution in [3.63, 3.8) is 0 Å². The number of ether oxygens (including phenoxy) is 2. The third-order valence-corrected chi connectivity index (χ3v) is 4.60. The van der Waals surface area contributed by atoms with Crippen LogP contribution >= 0.6 is 34.8 Å². The zero-order valence-corrected chi connectivity index (χ0v) is 15.9. The van der Waals surface area contributed by atoms with Crippen molar-refractivity contribution in [2.75, 3.05) is 27.3 Å². The van der Waals surface area contributed by atoms with Gasteiger partial charge in [0.25, 0.3) is 5.91 Å². The second kappa shape index (κ2) is 8.48. The van der Waals surface area contributed by atoms with Crippen molar-refractivity contribution in [1.82, 2.24) is 10.2 Å². The molecule has 0 saturated carbocycles. The molecule has 0 radical (unpaired) electrons. The topological polar surface area (TPSA) is 50.8 Å². The van der Waals surface area contributed by atoms with Gasteiger partial charge in [0.1, 0.15) is 6.17 Å². The molecule has 1 N–H and O–H groups in total. The molecule has 1 amide bonds. The lowest BCUT2D eigenvalue weighted by atomic mass is 10.1. The third kappa shape index (κ3) is 4.82. The number of nitrogens with one attached hydrogen (secondary N) is 1. The van der Waals surface area contributed by atoms with Crippen LogP contribution in [0.25, 0.3) is 0 Å². The third-order valence-electron chi connectivity index (χ3n) is 3.98. The number of piperidine rings is 1. The fraction of sp³-hybridized carbons (Fsp3) is 0.562. The highest BCUT2D eigenvalue weighted by atomic mass is 35.6. The van der Waals surface area contributed by atoms with E-state index in [0.717, 1.165) is 32.4 Å². The number of nitrogens with zero attached hydrogens (tertiary/aromatic N) is 1. The summed E-state index contributed by atoms with van der Waals surface area (Å²) in [7, 11) is 3.05. The fourth-order valence-electron chi connectivity index (χ4n) is 2.74. The first-order chi connectivity index (χ1) is 11.4. The Morgan fingerprint density at radius 2 is 1.75 bits per heavy atom. The van der Waals surface area contributed by atoms with E-state index in [1.807, 2.05) is 4.90 Å². The summed E-state index contributed by atoms with van der Waals surface area (Å²) in [5, 5.41) is 2.83. The summed E-state index contributed by atoms with van der Waals surface area (Å²) in [5.74, 6) is 0.675. The van der Waals surface area contributed by atoms with Crippen LogP contribution in [0.2, 0.25) is 0 Å². The monoisotopic (exact) mass is 394 g/mol. The van der Waals surface area contributed by atoms with Gasteiger partial charge in [0.15, 0.2) is 11.5 Å². The van der Waals surface area contributed by atoms with Gasteiger partial charge in [-0.2, -0.15) is 0 Å². The molecule has 2 rings (SSSR count). The fourth-order valence-corrected chi connectivity index (χ4v) is 3.32. The Morgan fingerprint density at radius 1 is 1.12 bits per heavy atom. The second-order valence-electron chi connectivity index (χ2n) is 5.58. The molecule has 1 fully saturated rings. The maximum absolute atomic E-state index is 12.6. The quantitative estimate of drug-likeness (QED) is 0.774. The molecule has 0 bridgehead atoms. The van der Waals surface area contributed by atoms with Gasteiger partial charge in [-0.05, 0) is 31.0 Å². The van der Waals surface area contributed by atoms with Crippen LogP contribution in [0.5, 0.6) is 11.5 Å². The number of halogens is 3. The smallest absolute Gasteiger partial charge is 0.252 e. The zero-order valence-electron chi connectivity index (χ0n) is 13.7. The highest BCUT2D eigenvalue weighted by molar-refractivity contribution is 6.68. The van der Waals surface area contributed by atoms with Crippen molar-refractivity contribution in [3.8, 4) is 11.5 Å². The molecule has 1 atom stereocenters. The number of methoxy groups -OCH3 is 2. The molecule has 1 heterocycles. The Labute approximate surface area is 157 Å². The van der Waals surface area contributed by atoms with Gasteiger partial charge in [-0.15, -0.1) is 0 Å². The number of alkyl halides is 3. The largest absolute Gasteiger partial charge is 0.493 e. The van der Waals surface area contributed by atoms with E-state index in [-0.39, 0.29) is 5.91 Å². The van der Waals surface area contributed by atoms with E-state index < -0.39 is 9.96 Å². The maximum Gasteiger partial charge on any atom is 0.252 e. The van der Waals surface area contributed by atoms with E-state index in [2.05, 4.69) is 5.32 Å². The first kappa shape index (κ1) is 19.4. The number of hydrogen-bond acceptors (Lipinski definition) is 4. The van der Waals surface area contributed by atoms with Crippen LogP contribution in [0.15, 0.2) is 18.2 Å². The number of benzene rings is 1. The Kier molecular flexibility index (Phi) is 6.87. The molecule has 1 aliphatic rings. The number of likely N-dealkylation sites (tertiary alicyclic amines) is 1. The standard InChI is InChI=1S/C16H21Cl3N2O3/c1-23-12-7-6-11(10-13(12)24-2)14(22)20-15(16(17,18)19)21-8-4-3-5-9-21/h6-7,10,15H,3-5,8-9H2,1-2H3,(H,20,22). The van der Waals surface area contributed by atoms with Crippen LogP contribution in [0.1, 0.15) is 29.6 Å². The molecular formula is C16H21Cl3N2O3. The summed E-state index contributed by atoms with van der Waals surface area (Å²) in [6.07, 6.45) is 2.49. The van der Waals surface area contributed by atoms with Gasteiger partial charge >= 0.3 is 0 Å². The molecule has 0 aliphatic carbocycles. The van der Waals surface area contributed by atoms with Gasteiger partial charge < -0.3 is 14.8 Å². The highest BCUT2D eigenvalue weighted by Crippen LogP contribution is 2.34. The van der Waals surface area contributed by atoms with E-state index in [0.29, 0.717) is 17.1 Å². The van der Waals surface area contributed by atoms with Crippen molar-refractivity contribution in [2.45, 2.75) is 29.2 Å². The van der Waals surface area contributed by atoms with E-state index >= 15 is 0 Å². The zero-order chi connectivity index (χ0) is 17.7. The molecule has 1 aromatic rings. The van der Waals surface area contributed by atoms with Gasteiger partial charge in [0.05, 0.1) is 14.2 Å². The Hall–Kier alpha value is -0.880. The Bertz CT molecular complexity index is 572. The average Bonchev–Trinajstić information content (AvgIpc) is 2.58. The molecule has 24 heavy (non-hydrogen) atoms. The van der Waals surface area contributed by atoms with Gasteiger partial charge in [-0.25, -0.2) is 0 Å². The molecule has 0 spiro atoms. The second-order valence-corrected chi connectivity index (χ2v) is 7.95. The van der Waals surface area contributed by atoms with Crippen molar-refractivity contribution >= 4 is 40.7 Å². The average molecular weight is 396 g/mol. The number of hydrogen-bond donors (Lipinski definition) is 1. The highest BCUT2D eigenvalue weighted by Gasteiger charge is 2.39. The summed E-state index contributed by atoms with van der Waals surface area (Å²) in [6, 6.07) is 4.90. The van der Waals surface area contributed by atoms with Gasteiger partial charge in [0.2, 0.25) is 3.79 Å². The molecule has 1 saturated heterocycles. The predicted molar refractivity (Wildman–Crippen MR) is 96.5 cm³/mol. The van der Waals surface area contributed by atoms with Gasteiger partial charge in [-0.3, -0.25) is 9.69 Å². The van der Waals surface area contributed by atoms with Crippen molar-refractivity contribution in [2.24, 2.45) is 0 Å². The van der Waals surface area contributed by atoms with Crippen LogP contribution in [0.4, 0.5) is 0 Å². The lowest BCUT2D eigenvalue weighted by Crippen LogP contribution is -2.56. The summed E-state index contributed by atoms with van der Waals surface area (Å²) in [5.41, 5.74) is 0.406. The van der Waals surface area contributed by atoms with Crippen LogP contribution in [-0.2, 0) is 0 Å². The van der Waals surface area contributed by atoms with Gasteiger partial charge in [-0.1, -0.05) is 41.2 Å². The normalized spacial score (nSPS) is 17.2. The number of carbonyl (C=O) groups is 1. The van der Waals surface area contributed by atoms with E-state index in [1.165, 1.54) is 14.2 Å². The van der Waals surface area contributed by atoms with Crippen LogP contribution in [-0.4, -0.2) is 48.1 Å². The molecule has 1 aliphatic heterocycles. The van der Waals surface area contributed by atoms with E-state index in [4.69, 9.17) is 44.3 Å². The van der Waals surface area contributed by atoms with E-state index in [9.17, 15) is 4.79 Å². The van der Waals surface area contributed by atoms with E-state index in [1.54, 1.807) is 18.2 Å². The molecule has 134 valence electrons. The molecule has 8 heteroatoms. The summed E-state index contributed by atoms with van der Waals surface area (Å²) in [4.78, 5) is 14.6. The molecular weight excluding hydrogens is 375 g/mol. The van der Waals surface area contributed by atoms with Crippen LogP contribution < -0.4 is 14.8 Å². The van der Waals surface area contributed by atoms with Crippen LogP contribution in [0, 0.1) is 0 Å². The van der Waals surface area contributed by atoms with Crippen molar-refractivity contribution in [3.05, 3.63) is 23.8 Å². The Morgan fingerprint density at radius 3 is 2.29 bits per heavy atom. The minimum absolute atomic E-state index is 0.335. The molecule has 5 nitrogen and oxygen atoms in total. The molecule has 0 aromatic heterocycles.